The summed E-state index contributed by atoms with van der Waals surface area (Å²) in [5.74, 6) is -1.10. The van der Waals surface area contributed by atoms with Crippen molar-refractivity contribution in [3.8, 4) is 0 Å². The first-order valence-corrected chi connectivity index (χ1v) is 9.41. The molecule has 6 nitrogen and oxygen atoms in total. The molecule has 0 aliphatic carbocycles. The number of likely N-dealkylation sites (N-methyl/N-ethyl adjacent to an activating group) is 1. The van der Waals surface area contributed by atoms with Gasteiger partial charge in [0.25, 0.3) is 0 Å². The normalized spacial score (nSPS) is 29.9. The molecule has 3 heterocycles. The van der Waals surface area contributed by atoms with Crippen molar-refractivity contribution in [3.05, 3.63) is 41.7 Å². The maximum absolute atomic E-state index is 12.4. The minimum Gasteiger partial charge on any atom is -0.453 e. The average Bonchev–Trinajstić information content (AvgIpc) is 2.61. The van der Waals surface area contributed by atoms with Crippen molar-refractivity contribution < 1.29 is 19.1 Å². The number of nitrogens with zero attached hydrogens (tertiary/aromatic N) is 2. The highest BCUT2D eigenvalue weighted by Crippen LogP contribution is 2.40. The van der Waals surface area contributed by atoms with Crippen LogP contribution in [0.25, 0.3) is 0 Å². The largest absolute Gasteiger partial charge is 0.453 e. The van der Waals surface area contributed by atoms with Gasteiger partial charge >= 0.3 is 11.9 Å². The van der Waals surface area contributed by atoms with Gasteiger partial charge < -0.3 is 9.47 Å². The van der Waals surface area contributed by atoms with E-state index in [-0.39, 0.29) is 5.25 Å². The highest BCUT2D eigenvalue weighted by Gasteiger charge is 2.51. The molecule has 1 aromatic heterocycles. The lowest BCUT2D eigenvalue weighted by Gasteiger charge is -2.46. The third kappa shape index (κ3) is 3.64. The fourth-order valence-corrected chi connectivity index (χ4v) is 3.74. The van der Waals surface area contributed by atoms with Gasteiger partial charge in [0.2, 0.25) is 5.72 Å². The van der Waals surface area contributed by atoms with Crippen LogP contribution < -0.4 is 0 Å². The van der Waals surface area contributed by atoms with Crippen molar-refractivity contribution in [2.45, 2.75) is 49.7 Å². The molecular weight excluding hydrogens is 352 g/mol. The lowest BCUT2D eigenvalue weighted by molar-refractivity contribution is -0.227. The number of ether oxygens (including phenoxy) is 2. The van der Waals surface area contributed by atoms with Crippen molar-refractivity contribution in [2.24, 2.45) is 0 Å². The first kappa shape index (κ1) is 18.9. The summed E-state index contributed by atoms with van der Waals surface area (Å²) in [6.45, 7) is 2.67. The third-order valence-electron chi connectivity index (χ3n) is 4.99. The highest BCUT2D eigenvalue weighted by atomic mass is 32.1. The van der Waals surface area contributed by atoms with E-state index in [2.05, 4.69) is 17.6 Å². The summed E-state index contributed by atoms with van der Waals surface area (Å²) in [5.41, 5.74) is 0.403. The Bertz CT molecular complexity index is 721. The predicted molar refractivity (Wildman–Crippen MR) is 99.5 cm³/mol. The topological polar surface area (TPSA) is 68.7 Å². The number of carbonyl (C=O) groups excluding carboxylic acids is 2. The molecule has 3 unspecified atom stereocenters. The van der Waals surface area contributed by atoms with Gasteiger partial charge in [-0.05, 0) is 44.9 Å². The molecule has 2 aliphatic rings. The number of aromatic nitrogens is 1. The Labute approximate surface area is 159 Å². The molecule has 26 heavy (non-hydrogen) atoms. The van der Waals surface area contributed by atoms with Crippen LogP contribution in [-0.2, 0) is 24.8 Å². The summed E-state index contributed by atoms with van der Waals surface area (Å²) in [4.78, 5) is 30.8. The summed E-state index contributed by atoms with van der Waals surface area (Å²) in [6.07, 6.45) is 8.56. The predicted octanol–water partition coefficient (Wildman–Crippen LogP) is 2.76. The SMILES string of the molecule is CC(S)c1cncc(C23OC(=O)/C=C/C(=O)OC2CCCCCN3C)c1. The van der Waals surface area contributed by atoms with Crippen LogP contribution in [0.5, 0.6) is 0 Å². The molecule has 0 amide bonds. The fourth-order valence-electron chi connectivity index (χ4n) is 3.60. The average molecular weight is 376 g/mol. The van der Waals surface area contributed by atoms with E-state index in [4.69, 9.17) is 9.47 Å². The molecule has 140 valence electrons. The first-order chi connectivity index (χ1) is 12.4. The van der Waals surface area contributed by atoms with E-state index >= 15 is 0 Å². The molecule has 0 bridgehead atoms. The Morgan fingerprint density at radius 2 is 2.00 bits per heavy atom. The molecular formula is C19H24N2O4S. The van der Waals surface area contributed by atoms with Gasteiger partial charge in [-0.1, -0.05) is 6.42 Å². The molecule has 7 heteroatoms. The van der Waals surface area contributed by atoms with Crippen LogP contribution in [-0.4, -0.2) is 41.5 Å². The molecule has 3 atom stereocenters. The van der Waals surface area contributed by atoms with E-state index in [1.54, 1.807) is 12.4 Å². The standard InChI is InChI=1S/C19H24N2O4S/c1-13(26)14-10-15(12-20-11-14)19-16(6-4-3-5-9-21(19)2)24-17(22)7-8-18(23)25-19/h7-8,10-13,16,26H,3-6,9H2,1-2H3/b8-7+. The smallest absolute Gasteiger partial charge is 0.333 e. The number of hydrogen-bond acceptors (Lipinski definition) is 7. The lowest BCUT2D eigenvalue weighted by Crippen LogP contribution is -2.58. The highest BCUT2D eigenvalue weighted by molar-refractivity contribution is 7.80. The molecule has 3 rings (SSSR count). The second-order valence-corrected chi connectivity index (χ2v) is 7.60. The Kier molecular flexibility index (Phi) is 5.67. The summed E-state index contributed by atoms with van der Waals surface area (Å²) < 4.78 is 11.7. The Balaban J connectivity index is 2.18. The van der Waals surface area contributed by atoms with Crippen LogP contribution in [0, 0.1) is 0 Å². The summed E-state index contributed by atoms with van der Waals surface area (Å²) >= 11 is 4.49. The van der Waals surface area contributed by atoms with Crippen LogP contribution in [0.1, 0.15) is 49.0 Å². The van der Waals surface area contributed by atoms with Gasteiger partial charge in [0.05, 0.1) is 0 Å². The Morgan fingerprint density at radius 3 is 2.77 bits per heavy atom. The molecule has 0 N–H and O–H groups in total. The lowest BCUT2D eigenvalue weighted by atomic mass is 9.89. The van der Waals surface area contributed by atoms with E-state index in [9.17, 15) is 9.59 Å². The van der Waals surface area contributed by atoms with Gasteiger partial charge in [-0.25, -0.2) is 9.59 Å². The molecule has 1 aromatic rings. The fraction of sp³-hybridized carbons (Fsp3) is 0.526. The van der Waals surface area contributed by atoms with E-state index in [1.165, 1.54) is 0 Å². The number of likely N-dealkylation sites (tertiary alicyclic amines) is 1. The summed E-state index contributed by atoms with van der Waals surface area (Å²) in [7, 11) is 1.89. The minimum absolute atomic E-state index is 0.0251. The van der Waals surface area contributed by atoms with Crippen molar-refractivity contribution >= 4 is 24.6 Å². The van der Waals surface area contributed by atoms with E-state index in [1.807, 2.05) is 24.9 Å². The number of carbonyl (C=O) groups is 2. The molecule has 0 radical (unpaired) electrons. The molecule has 1 saturated heterocycles. The van der Waals surface area contributed by atoms with Crippen LogP contribution >= 0.6 is 12.6 Å². The maximum atomic E-state index is 12.4. The van der Waals surface area contributed by atoms with Gasteiger partial charge in [-0.3, -0.25) is 9.88 Å². The number of fused-ring (bicyclic) bond motifs is 1. The minimum atomic E-state index is -1.20. The second-order valence-electron chi connectivity index (χ2n) is 6.83. The maximum Gasteiger partial charge on any atom is 0.333 e. The van der Waals surface area contributed by atoms with Crippen LogP contribution in [0.15, 0.2) is 30.6 Å². The molecule has 0 saturated carbocycles. The van der Waals surface area contributed by atoms with Gasteiger partial charge in [0, 0.05) is 41.9 Å². The zero-order valence-electron chi connectivity index (χ0n) is 15.1. The first-order valence-electron chi connectivity index (χ1n) is 8.90. The van der Waals surface area contributed by atoms with Crippen molar-refractivity contribution in [2.75, 3.05) is 13.6 Å². The number of thiol groups is 1. The number of hydrogen-bond donors (Lipinski definition) is 1. The molecule has 2 aliphatic heterocycles. The van der Waals surface area contributed by atoms with Crippen LogP contribution in [0.2, 0.25) is 0 Å². The number of pyridine rings is 1. The Hall–Kier alpha value is -1.86. The van der Waals surface area contributed by atoms with Gasteiger partial charge in [0.1, 0.15) is 0 Å². The van der Waals surface area contributed by atoms with Crippen molar-refractivity contribution in [3.63, 3.8) is 0 Å². The monoisotopic (exact) mass is 376 g/mol. The van der Waals surface area contributed by atoms with E-state index in [0.717, 1.165) is 37.0 Å². The number of esters is 2. The zero-order valence-corrected chi connectivity index (χ0v) is 15.9. The molecule has 1 fully saturated rings. The quantitative estimate of drug-likeness (QED) is 0.632. The van der Waals surface area contributed by atoms with Crippen LogP contribution in [0.3, 0.4) is 0 Å². The zero-order chi connectivity index (χ0) is 18.7. The van der Waals surface area contributed by atoms with Gasteiger partial charge in [-0.2, -0.15) is 12.6 Å². The Morgan fingerprint density at radius 1 is 1.23 bits per heavy atom. The number of rotatable bonds is 2. The van der Waals surface area contributed by atoms with Crippen LogP contribution in [0.4, 0.5) is 0 Å². The second kappa shape index (κ2) is 7.80. The van der Waals surface area contributed by atoms with Gasteiger partial charge in [0.15, 0.2) is 6.10 Å². The van der Waals surface area contributed by atoms with Crippen molar-refractivity contribution in [1.29, 1.82) is 0 Å². The van der Waals surface area contributed by atoms with E-state index in [0.29, 0.717) is 18.5 Å². The summed E-state index contributed by atoms with van der Waals surface area (Å²) in [6, 6.07) is 1.93. The molecule has 0 spiro atoms. The van der Waals surface area contributed by atoms with Gasteiger partial charge in [-0.15, -0.1) is 0 Å². The van der Waals surface area contributed by atoms with Crippen molar-refractivity contribution in [1.82, 2.24) is 9.88 Å². The summed E-state index contributed by atoms with van der Waals surface area (Å²) in [5, 5.41) is -0.0251. The molecule has 0 aromatic carbocycles. The third-order valence-corrected chi connectivity index (χ3v) is 5.29. The van der Waals surface area contributed by atoms with E-state index < -0.39 is 23.8 Å².